The highest BCUT2D eigenvalue weighted by Gasteiger charge is 2.33. The largest absolute Gasteiger partial charge is 0.477 e. The van der Waals surface area contributed by atoms with Crippen LogP contribution >= 0.6 is 11.8 Å². The molecule has 210 valence electrons. The van der Waals surface area contributed by atoms with Gasteiger partial charge in [-0.1, -0.05) is 23.9 Å². The number of piperazine rings is 1. The highest BCUT2D eigenvalue weighted by atomic mass is 32.2. The summed E-state index contributed by atoms with van der Waals surface area (Å²) in [6.07, 6.45) is 3.02. The molecule has 0 radical (unpaired) electrons. The lowest BCUT2D eigenvalue weighted by atomic mass is 10.1. The van der Waals surface area contributed by atoms with Crippen molar-refractivity contribution in [2.24, 2.45) is 0 Å². The molecule has 0 saturated carbocycles. The number of thioether (sulfide) groups is 1. The van der Waals surface area contributed by atoms with Gasteiger partial charge in [0.15, 0.2) is 0 Å². The zero-order chi connectivity index (χ0) is 29.3. The van der Waals surface area contributed by atoms with Crippen molar-refractivity contribution in [2.45, 2.75) is 17.3 Å². The third-order valence-electron chi connectivity index (χ3n) is 6.76. The Kier molecular flexibility index (Phi) is 7.70. The highest BCUT2D eigenvalue weighted by molar-refractivity contribution is 8.00. The molecule has 1 aromatic carbocycles. The van der Waals surface area contributed by atoms with Gasteiger partial charge in [-0.3, -0.25) is 14.6 Å². The number of fused-ring (bicyclic) bond motifs is 3. The van der Waals surface area contributed by atoms with Crippen LogP contribution < -0.4 is 10.3 Å². The summed E-state index contributed by atoms with van der Waals surface area (Å²) in [7, 11) is 0. The zero-order valence-electron chi connectivity index (χ0n) is 21.7. The molecular formula is C28H24FN5O6S. The van der Waals surface area contributed by atoms with Crippen LogP contribution in [-0.2, 0) is 0 Å². The van der Waals surface area contributed by atoms with Gasteiger partial charge in [-0.25, -0.2) is 19.0 Å². The van der Waals surface area contributed by atoms with Crippen molar-refractivity contribution in [3.05, 3.63) is 93.9 Å². The van der Waals surface area contributed by atoms with E-state index in [0.717, 1.165) is 6.07 Å². The van der Waals surface area contributed by atoms with Crippen LogP contribution in [0.15, 0.2) is 70.7 Å². The Labute approximate surface area is 236 Å². The molecule has 3 aromatic heterocycles. The zero-order valence-corrected chi connectivity index (χ0v) is 22.5. The minimum absolute atomic E-state index is 0.0580. The van der Waals surface area contributed by atoms with Gasteiger partial charge in [-0.05, 0) is 43.3 Å². The van der Waals surface area contributed by atoms with Crippen molar-refractivity contribution in [1.82, 2.24) is 19.4 Å². The highest BCUT2D eigenvalue weighted by Crippen LogP contribution is 2.46. The van der Waals surface area contributed by atoms with E-state index >= 15 is 4.39 Å². The summed E-state index contributed by atoms with van der Waals surface area (Å²) in [5.41, 5.74) is 0.326. The Hall–Kier alpha value is -4.78. The second-order valence-electron chi connectivity index (χ2n) is 9.24. The van der Waals surface area contributed by atoms with Crippen molar-refractivity contribution >= 4 is 46.2 Å². The van der Waals surface area contributed by atoms with Crippen LogP contribution in [0.3, 0.4) is 0 Å². The first-order valence-corrected chi connectivity index (χ1v) is 13.5. The molecule has 13 heteroatoms. The number of carboxylic acids is 2. The number of hydrogen-bond acceptors (Lipinski definition) is 8. The van der Waals surface area contributed by atoms with Gasteiger partial charge in [0.2, 0.25) is 5.43 Å². The molecule has 6 rings (SSSR count). The maximum Gasteiger partial charge on any atom is 0.354 e. The van der Waals surface area contributed by atoms with Crippen molar-refractivity contribution in [1.29, 1.82) is 0 Å². The van der Waals surface area contributed by atoms with E-state index in [1.807, 2.05) is 11.8 Å². The van der Waals surface area contributed by atoms with Gasteiger partial charge >= 0.3 is 11.9 Å². The predicted molar refractivity (Wildman–Crippen MR) is 149 cm³/mol. The third-order valence-corrected chi connectivity index (χ3v) is 7.94. The van der Waals surface area contributed by atoms with E-state index in [1.54, 1.807) is 52.1 Å². The number of anilines is 1. The molecule has 0 bridgehead atoms. The van der Waals surface area contributed by atoms with Crippen LogP contribution in [0.25, 0.3) is 10.9 Å². The Morgan fingerprint density at radius 1 is 0.927 bits per heavy atom. The first-order chi connectivity index (χ1) is 19.7. The monoisotopic (exact) mass is 577 g/mol. The molecule has 1 amide bonds. The molecule has 1 fully saturated rings. The quantitative estimate of drug-likeness (QED) is 0.369. The Bertz CT molecular complexity index is 1710. The molecule has 11 nitrogen and oxygen atoms in total. The molecule has 1 unspecified atom stereocenters. The fraction of sp³-hybridized carbons (Fsp3) is 0.214. The number of amides is 1. The fourth-order valence-corrected chi connectivity index (χ4v) is 5.91. The maximum atomic E-state index is 15.1. The summed E-state index contributed by atoms with van der Waals surface area (Å²) in [4.78, 5) is 58.3. The summed E-state index contributed by atoms with van der Waals surface area (Å²) in [6.45, 7) is 3.58. The number of rotatable bonds is 4. The summed E-state index contributed by atoms with van der Waals surface area (Å²) in [5.74, 6) is -3.05. The molecule has 0 spiro atoms. The van der Waals surface area contributed by atoms with E-state index in [1.165, 1.54) is 24.0 Å². The number of hydrogen-bond donors (Lipinski definition) is 2. The topological polar surface area (TPSA) is 146 Å². The van der Waals surface area contributed by atoms with Crippen LogP contribution in [-0.4, -0.2) is 73.7 Å². The number of nitrogens with zero attached hydrogens (tertiary/aromatic N) is 5. The minimum atomic E-state index is -1.31. The molecule has 1 saturated heterocycles. The second-order valence-corrected chi connectivity index (χ2v) is 10.5. The third kappa shape index (κ3) is 5.35. The van der Waals surface area contributed by atoms with Crippen LogP contribution in [0.4, 0.5) is 10.1 Å². The van der Waals surface area contributed by atoms with E-state index in [4.69, 9.17) is 5.11 Å². The average molecular weight is 578 g/mol. The number of halogens is 1. The average Bonchev–Trinajstić information content (AvgIpc) is 2.98. The smallest absolute Gasteiger partial charge is 0.354 e. The number of benzene rings is 1. The normalized spacial score (nSPS) is 15.8. The Morgan fingerprint density at radius 3 is 2.07 bits per heavy atom. The lowest BCUT2D eigenvalue weighted by molar-refractivity contribution is 0.0679. The first-order valence-electron chi connectivity index (χ1n) is 12.6. The van der Waals surface area contributed by atoms with E-state index in [0.29, 0.717) is 48.1 Å². The molecule has 1 atom stereocenters. The molecule has 2 aliphatic rings. The van der Waals surface area contributed by atoms with E-state index < -0.39 is 23.2 Å². The van der Waals surface area contributed by atoms with Crippen molar-refractivity contribution in [3.63, 3.8) is 0 Å². The minimum Gasteiger partial charge on any atom is -0.477 e. The maximum absolute atomic E-state index is 15.1. The van der Waals surface area contributed by atoms with E-state index in [-0.39, 0.29) is 27.9 Å². The number of pyridine rings is 3. The number of carbonyl (C=O) groups is 3. The van der Waals surface area contributed by atoms with Crippen LogP contribution in [0.2, 0.25) is 0 Å². The number of carbonyl (C=O) groups excluding carboxylic acids is 1. The molecule has 2 aliphatic heterocycles. The van der Waals surface area contributed by atoms with Crippen molar-refractivity contribution in [2.75, 3.05) is 31.1 Å². The molecular weight excluding hydrogens is 553 g/mol. The molecule has 0 aliphatic carbocycles. The lowest BCUT2D eigenvalue weighted by Gasteiger charge is -2.37. The predicted octanol–water partition coefficient (Wildman–Crippen LogP) is 3.60. The fourth-order valence-electron chi connectivity index (χ4n) is 4.76. The van der Waals surface area contributed by atoms with Gasteiger partial charge in [-0.2, -0.15) is 0 Å². The molecule has 5 heterocycles. The molecule has 41 heavy (non-hydrogen) atoms. The summed E-state index contributed by atoms with van der Waals surface area (Å²) >= 11 is 1.31. The Balaban J connectivity index is 0.000000321. The van der Waals surface area contributed by atoms with Gasteiger partial charge in [-0.15, -0.1) is 0 Å². The lowest BCUT2D eigenvalue weighted by Crippen LogP contribution is -2.49. The Morgan fingerprint density at radius 2 is 1.56 bits per heavy atom. The second kappa shape index (κ2) is 11.4. The van der Waals surface area contributed by atoms with Crippen molar-refractivity contribution < 1.29 is 29.0 Å². The van der Waals surface area contributed by atoms with Crippen LogP contribution in [0, 0.1) is 5.82 Å². The number of aromatic nitrogens is 3. The van der Waals surface area contributed by atoms with Crippen LogP contribution in [0.5, 0.6) is 0 Å². The standard InChI is InChI=1S/C22H19FN4O4S.C6H5NO2/c1-12-27-16-11-17(14(23)10-13(16)19(28)18(22(30)31)21(27)32-12)25-6-8-26(9-7-25)20(29)15-4-2-3-5-24-15;8-6(9)5-3-1-2-4-7-5/h2-5,10-12H,6-9H2,1H3,(H,30,31);1-4H,(H,8,9). The summed E-state index contributed by atoms with van der Waals surface area (Å²) in [5, 5.41) is 18.2. The van der Waals surface area contributed by atoms with Gasteiger partial charge < -0.3 is 24.6 Å². The van der Waals surface area contributed by atoms with Gasteiger partial charge in [0.1, 0.15) is 22.8 Å². The van der Waals surface area contributed by atoms with Crippen molar-refractivity contribution in [3.8, 4) is 0 Å². The molecule has 4 aromatic rings. The van der Waals surface area contributed by atoms with E-state index in [9.17, 15) is 24.3 Å². The van der Waals surface area contributed by atoms with E-state index in [2.05, 4.69) is 9.97 Å². The number of aromatic carboxylic acids is 2. The molecule has 2 N–H and O–H groups in total. The summed E-state index contributed by atoms with van der Waals surface area (Å²) < 4.78 is 16.8. The SMILES string of the molecule is CC1Sc2c(C(=O)O)c(=O)c3cc(F)c(N4CCN(C(=O)c5ccccn5)CC4)cc3n21.O=C(O)c1ccccn1. The van der Waals surface area contributed by atoms with Gasteiger partial charge in [0, 0.05) is 44.0 Å². The van der Waals surface area contributed by atoms with Gasteiger partial charge in [0.05, 0.1) is 21.6 Å². The number of carboxylic acid groups (broad SMARTS) is 2. The van der Waals surface area contributed by atoms with Crippen LogP contribution in [0.1, 0.15) is 43.6 Å². The first kappa shape index (κ1) is 27.8. The summed E-state index contributed by atoms with van der Waals surface area (Å²) in [6, 6.07) is 12.7. The van der Waals surface area contributed by atoms with Gasteiger partial charge in [0.25, 0.3) is 5.91 Å².